The van der Waals surface area contributed by atoms with Crippen LogP contribution >= 0.6 is 0 Å². The molecule has 0 aliphatic heterocycles. The molecule has 1 N–H and O–H groups in total. The molecule has 0 bridgehead atoms. The van der Waals surface area contributed by atoms with Gasteiger partial charge in [-0.25, -0.2) is 0 Å². The van der Waals surface area contributed by atoms with Crippen molar-refractivity contribution >= 4 is 39.5 Å². The number of nitrogens with one attached hydrogen (secondary N) is 1. The third-order valence-electron chi connectivity index (χ3n) is 3.31. The van der Waals surface area contributed by atoms with Gasteiger partial charge in [-0.3, -0.25) is 9.59 Å². The first-order valence-electron chi connectivity index (χ1n) is 7.04. The summed E-state index contributed by atoms with van der Waals surface area (Å²) in [7, 11) is 0. The normalized spacial score (nSPS) is 10.8. The van der Waals surface area contributed by atoms with Crippen LogP contribution in [0.2, 0.25) is 0 Å². The van der Waals surface area contributed by atoms with E-state index < -0.39 is 5.97 Å². The van der Waals surface area contributed by atoms with Crippen LogP contribution < -0.4 is 5.32 Å². The van der Waals surface area contributed by atoms with Crippen LogP contribution in [-0.2, 0) is 14.3 Å². The Morgan fingerprint density at radius 2 is 1.86 bits per heavy atom. The molecule has 0 saturated carbocycles. The number of carbonyl (C=O) groups is 2. The van der Waals surface area contributed by atoms with E-state index in [-0.39, 0.29) is 18.9 Å². The monoisotopic (exact) mass is 297 g/mol. The van der Waals surface area contributed by atoms with E-state index in [0.717, 1.165) is 21.9 Å². The molecule has 3 rings (SSSR count). The predicted octanol–water partition coefficient (Wildman–Crippen LogP) is 3.48. The summed E-state index contributed by atoms with van der Waals surface area (Å²) in [5.74, 6) is -0.764. The first-order valence-corrected chi connectivity index (χ1v) is 7.04. The summed E-state index contributed by atoms with van der Waals surface area (Å²) in [5.41, 5.74) is 2.20. The molecule has 1 aromatic heterocycles. The Morgan fingerprint density at radius 3 is 2.68 bits per heavy atom. The van der Waals surface area contributed by atoms with Crippen LogP contribution in [0.3, 0.4) is 0 Å². The Balaban J connectivity index is 1.81. The van der Waals surface area contributed by atoms with Gasteiger partial charge in [0.2, 0.25) is 0 Å². The van der Waals surface area contributed by atoms with Crippen LogP contribution in [0.25, 0.3) is 21.9 Å². The maximum absolute atomic E-state index is 11.8. The molecule has 2 aromatic carbocycles. The van der Waals surface area contributed by atoms with Gasteiger partial charge in [0.05, 0.1) is 0 Å². The number of carbonyl (C=O) groups excluding carboxylic acids is 2. The van der Waals surface area contributed by atoms with E-state index in [9.17, 15) is 9.59 Å². The molecule has 3 aromatic rings. The Hall–Kier alpha value is -2.82. The van der Waals surface area contributed by atoms with E-state index in [0.29, 0.717) is 5.69 Å². The zero-order valence-corrected chi connectivity index (χ0v) is 12.1. The molecule has 0 aliphatic carbocycles. The van der Waals surface area contributed by atoms with Crippen LogP contribution in [0.15, 0.2) is 46.9 Å². The van der Waals surface area contributed by atoms with Gasteiger partial charge >= 0.3 is 5.97 Å². The van der Waals surface area contributed by atoms with Crippen LogP contribution in [0, 0.1) is 0 Å². The number of ether oxygens (including phenoxy) is 1. The number of esters is 1. The summed E-state index contributed by atoms with van der Waals surface area (Å²) in [6.07, 6.45) is 0.250. The SMILES string of the molecule is CCC(=O)OCC(=O)Nc1ccc2oc3ccccc3c2c1. The van der Waals surface area contributed by atoms with Crippen molar-refractivity contribution in [1.82, 2.24) is 0 Å². The second kappa shape index (κ2) is 5.89. The number of amides is 1. The zero-order chi connectivity index (χ0) is 15.5. The average molecular weight is 297 g/mol. The molecule has 0 spiro atoms. The van der Waals surface area contributed by atoms with E-state index in [1.54, 1.807) is 13.0 Å². The molecule has 0 unspecified atom stereocenters. The number of hydrogen-bond acceptors (Lipinski definition) is 4. The zero-order valence-electron chi connectivity index (χ0n) is 12.1. The quantitative estimate of drug-likeness (QED) is 0.749. The first kappa shape index (κ1) is 14.1. The van der Waals surface area contributed by atoms with E-state index >= 15 is 0 Å². The van der Waals surface area contributed by atoms with Gasteiger partial charge in [0.1, 0.15) is 11.2 Å². The standard InChI is InChI=1S/C17H15NO4/c1-2-17(20)21-10-16(19)18-11-7-8-15-13(9-11)12-5-3-4-6-14(12)22-15/h3-9H,2,10H2,1H3,(H,18,19). The minimum Gasteiger partial charge on any atom is -0.456 e. The van der Waals surface area contributed by atoms with E-state index in [4.69, 9.17) is 9.15 Å². The molecule has 22 heavy (non-hydrogen) atoms. The van der Waals surface area contributed by atoms with Gasteiger partial charge in [0.15, 0.2) is 6.61 Å². The molecule has 0 saturated heterocycles. The lowest BCUT2D eigenvalue weighted by Gasteiger charge is -2.05. The third-order valence-corrected chi connectivity index (χ3v) is 3.31. The molecule has 1 heterocycles. The number of hydrogen-bond donors (Lipinski definition) is 1. The Bertz CT molecular complexity index is 850. The lowest BCUT2D eigenvalue weighted by atomic mass is 10.1. The molecular weight excluding hydrogens is 282 g/mol. The Labute approximate surface area is 126 Å². The highest BCUT2D eigenvalue weighted by atomic mass is 16.5. The van der Waals surface area contributed by atoms with Crippen LogP contribution in [-0.4, -0.2) is 18.5 Å². The summed E-state index contributed by atoms with van der Waals surface area (Å²) in [6.45, 7) is 1.40. The largest absolute Gasteiger partial charge is 0.456 e. The molecule has 0 radical (unpaired) electrons. The number of rotatable bonds is 4. The molecule has 0 aliphatic rings. The van der Waals surface area contributed by atoms with Gasteiger partial charge in [-0.2, -0.15) is 0 Å². The molecule has 5 heteroatoms. The minimum atomic E-state index is -0.397. The summed E-state index contributed by atoms with van der Waals surface area (Å²) >= 11 is 0. The fourth-order valence-electron chi connectivity index (χ4n) is 2.25. The lowest BCUT2D eigenvalue weighted by Crippen LogP contribution is -2.20. The van der Waals surface area contributed by atoms with Gasteiger partial charge in [-0.05, 0) is 24.3 Å². The highest BCUT2D eigenvalue weighted by Gasteiger charge is 2.09. The van der Waals surface area contributed by atoms with Crippen LogP contribution in [0.1, 0.15) is 13.3 Å². The first-order chi connectivity index (χ1) is 10.7. The van der Waals surface area contributed by atoms with Gasteiger partial charge in [0, 0.05) is 22.9 Å². The van der Waals surface area contributed by atoms with E-state index in [1.807, 2.05) is 36.4 Å². The highest BCUT2D eigenvalue weighted by molar-refractivity contribution is 6.07. The fraction of sp³-hybridized carbons (Fsp3) is 0.176. The Kier molecular flexibility index (Phi) is 3.78. The molecule has 0 fully saturated rings. The minimum absolute atomic E-state index is 0.250. The molecular formula is C17H15NO4. The Morgan fingerprint density at radius 1 is 1.09 bits per heavy atom. The van der Waals surface area contributed by atoms with Crippen molar-refractivity contribution in [3.63, 3.8) is 0 Å². The molecule has 0 atom stereocenters. The second-order valence-electron chi connectivity index (χ2n) is 4.87. The molecule has 5 nitrogen and oxygen atoms in total. The molecule has 1 amide bonds. The van der Waals surface area contributed by atoms with Crippen molar-refractivity contribution in [3.05, 3.63) is 42.5 Å². The summed E-state index contributed by atoms with van der Waals surface area (Å²) < 4.78 is 10.5. The lowest BCUT2D eigenvalue weighted by molar-refractivity contribution is -0.146. The number of furan rings is 1. The highest BCUT2D eigenvalue weighted by Crippen LogP contribution is 2.30. The van der Waals surface area contributed by atoms with Crippen LogP contribution in [0.5, 0.6) is 0 Å². The number of benzene rings is 2. The smallest absolute Gasteiger partial charge is 0.306 e. The van der Waals surface area contributed by atoms with Gasteiger partial charge in [-0.15, -0.1) is 0 Å². The van der Waals surface area contributed by atoms with E-state index in [2.05, 4.69) is 5.32 Å². The fourth-order valence-corrected chi connectivity index (χ4v) is 2.25. The van der Waals surface area contributed by atoms with Crippen molar-refractivity contribution in [2.75, 3.05) is 11.9 Å². The van der Waals surface area contributed by atoms with Crippen molar-refractivity contribution in [2.45, 2.75) is 13.3 Å². The third kappa shape index (κ3) is 2.79. The van der Waals surface area contributed by atoms with Crippen LogP contribution in [0.4, 0.5) is 5.69 Å². The summed E-state index contributed by atoms with van der Waals surface area (Å²) in [5, 5.41) is 4.63. The van der Waals surface area contributed by atoms with E-state index in [1.165, 1.54) is 0 Å². The van der Waals surface area contributed by atoms with Gasteiger partial charge < -0.3 is 14.5 Å². The van der Waals surface area contributed by atoms with Crippen molar-refractivity contribution in [3.8, 4) is 0 Å². The van der Waals surface area contributed by atoms with Crippen molar-refractivity contribution in [1.29, 1.82) is 0 Å². The maximum atomic E-state index is 11.8. The van der Waals surface area contributed by atoms with Gasteiger partial charge in [0.25, 0.3) is 5.91 Å². The van der Waals surface area contributed by atoms with Gasteiger partial charge in [-0.1, -0.05) is 25.1 Å². The second-order valence-corrected chi connectivity index (χ2v) is 4.87. The average Bonchev–Trinajstić information content (AvgIpc) is 2.90. The summed E-state index contributed by atoms with van der Waals surface area (Å²) in [6, 6.07) is 13.1. The number of anilines is 1. The topological polar surface area (TPSA) is 68.5 Å². The van der Waals surface area contributed by atoms with Crippen molar-refractivity contribution < 1.29 is 18.7 Å². The summed E-state index contributed by atoms with van der Waals surface area (Å²) in [4.78, 5) is 22.8. The predicted molar refractivity (Wildman–Crippen MR) is 83.6 cm³/mol. The van der Waals surface area contributed by atoms with Crippen molar-refractivity contribution in [2.24, 2.45) is 0 Å². The number of fused-ring (bicyclic) bond motifs is 3. The number of para-hydroxylation sites is 1. The maximum Gasteiger partial charge on any atom is 0.306 e. The molecule has 112 valence electrons.